The molecule has 0 N–H and O–H groups in total. The number of aryl methyl sites for hydroxylation is 2. The van der Waals surface area contributed by atoms with Crippen LogP contribution >= 0.6 is 12.4 Å². The highest BCUT2D eigenvalue weighted by Gasteiger charge is 2.23. The van der Waals surface area contributed by atoms with Gasteiger partial charge in [-0.1, -0.05) is 18.2 Å². The first-order valence-corrected chi connectivity index (χ1v) is 7.06. The molecule has 1 aliphatic heterocycles. The van der Waals surface area contributed by atoms with Crippen molar-refractivity contribution >= 4 is 35.0 Å². The third-order valence-electron chi connectivity index (χ3n) is 4.15. The van der Waals surface area contributed by atoms with E-state index in [1.165, 1.54) is 27.7 Å². The number of aromatic nitrogens is 2. The van der Waals surface area contributed by atoms with Crippen LogP contribution in [0.25, 0.3) is 22.6 Å². The number of hydrogen-bond acceptors (Lipinski definition) is 0. The fourth-order valence-electron chi connectivity index (χ4n) is 3.15. The molecule has 2 aromatic heterocycles. The van der Waals surface area contributed by atoms with Crippen molar-refractivity contribution in [2.45, 2.75) is 13.0 Å². The van der Waals surface area contributed by atoms with E-state index in [9.17, 15) is 0 Å². The maximum Gasteiger partial charge on any atom is 0.208 e. The predicted octanol–water partition coefficient (Wildman–Crippen LogP) is 3.83. The molecule has 3 aromatic rings. The molecular formula is C18H18ClN2+. The van der Waals surface area contributed by atoms with Gasteiger partial charge in [0.15, 0.2) is 12.7 Å². The second-order valence-corrected chi connectivity index (χ2v) is 5.41. The van der Waals surface area contributed by atoms with E-state index in [0.29, 0.717) is 0 Å². The average molecular weight is 298 g/mol. The molecule has 3 heteroatoms. The first-order chi connectivity index (χ1) is 9.83. The summed E-state index contributed by atoms with van der Waals surface area (Å²) in [6.07, 6.45) is 7.86. The first kappa shape index (κ1) is 13.9. The van der Waals surface area contributed by atoms with Crippen LogP contribution in [0.5, 0.6) is 0 Å². The van der Waals surface area contributed by atoms with Gasteiger partial charge in [0, 0.05) is 53.8 Å². The van der Waals surface area contributed by atoms with E-state index < -0.39 is 0 Å². The molecule has 4 rings (SSSR count). The van der Waals surface area contributed by atoms with Gasteiger partial charge in [-0.05, 0) is 18.2 Å². The van der Waals surface area contributed by atoms with E-state index in [1.54, 1.807) is 0 Å². The maximum absolute atomic E-state index is 2.35. The standard InChI is InChI=1S/C18H17N2.ClH/c1-19-13-15(16-6-2-3-8-18(16)19)12-14-9-11-20-10-5-4-7-17(14)20;/h2-8,10,12-13H,9,11H2,1H3;1H/q+1;. The summed E-state index contributed by atoms with van der Waals surface area (Å²) in [5.74, 6) is 0. The van der Waals surface area contributed by atoms with Crippen molar-refractivity contribution in [1.82, 2.24) is 4.57 Å². The van der Waals surface area contributed by atoms with E-state index >= 15 is 0 Å². The molecule has 0 saturated heterocycles. The Bertz CT molecular complexity index is 830. The van der Waals surface area contributed by atoms with Gasteiger partial charge in [-0.3, -0.25) is 0 Å². The van der Waals surface area contributed by atoms with E-state index in [4.69, 9.17) is 0 Å². The Morgan fingerprint density at radius 1 is 1.10 bits per heavy atom. The Morgan fingerprint density at radius 3 is 2.81 bits per heavy atom. The number of halogens is 1. The van der Waals surface area contributed by atoms with E-state index in [0.717, 1.165) is 13.0 Å². The van der Waals surface area contributed by atoms with Crippen LogP contribution in [0, 0.1) is 0 Å². The van der Waals surface area contributed by atoms with Gasteiger partial charge in [-0.15, -0.1) is 12.4 Å². The normalized spacial score (nSPS) is 15.2. The zero-order valence-corrected chi connectivity index (χ0v) is 12.8. The van der Waals surface area contributed by atoms with Crippen LogP contribution < -0.4 is 4.57 Å². The zero-order valence-electron chi connectivity index (χ0n) is 12.0. The lowest BCUT2D eigenvalue weighted by Crippen LogP contribution is -2.31. The molecular weight excluding hydrogens is 280 g/mol. The molecule has 0 unspecified atom stereocenters. The van der Waals surface area contributed by atoms with Gasteiger partial charge in [0.1, 0.15) is 0 Å². The molecule has 106 valence electrons. The maximum atomic E-state index is 2.35. The number of para-hydroxylation sites is 1. The zero-order chi connectivity index (χ0) is 13.5. The van der Waals surface area contributed by atoms with Crippen LogP contribution in [-0.4, -0.2) is 4.57 Å². The summed E-state index contributed by atoms with van der Waals surface area (Å²) in [6, 6.07) is 15.0. The summed E-state index contributed by atoms with van der Waals surface area (Å²) in [5, 5.41) is 1.33. The molecule has 0 fully saturated rings. The molecule has 0 radical (unpaired) electrons. The van der Waals surface area contributed by atoms with Crippen molar-refractivity contribution in [3.05, 3.63) is 66.1 Å². The van der Waals surface area contributed by atoms with Gasteiger partial charge in [-0.25, -0.2) is 0 Å². The average Bonchev–Trinajstić information content (AvgIpc) is 3.03. The largest absolute Gasteiger partial charge is 0.350 e. The summed E-state index contributed by atoms with van der Waals surface area (Å²) in [6.45, 7) is 1.09. The number of fused-ring (bicyclic) bond motifs is 2. The van der Waals surface area contributed by atoms with Crippen LogP contribution in [-0.2, 0) is 13.6 Å². The monoisotopic (exact) mass is 297 g/mol. The summed E-state index contributed by atoms with van der Waals surface area (Å²) >= 11 is 0. The summed E-state index contributed by atoms with van der Waals surface area (Å²) in [7, 11) is 2.11. The van der Waals surface area contributed by atoms with Gasteiger partial charge in [0.2, 0.25) is 5.69 Å². The van der Waals surface area contributed by atoms with Crippen molar-refractivity contribution in [2.75, 3.05) is 0 Å². The van der Waals surface area contributed by atoms with Crippen molar-refractivity contribution in [3.8, 4) is 0 Å². The second-order valence-electron chi connectivity index (χ2n) is 5.41. The molecule has 0 spiro atoms. The molecule has 3 heterocycles. The fraction of sp³-hybridized carbons (Fsp3) is 0.167. The topological polar surface area (TPSA) is 8.81 Å². The molecule has 1 aliphatic rings. The number of pyridine rings is 1. The highest BCUT2D eigenvalue weighted by molar-refractivity contribution is 5.94. The summed E-state index contributed by atoms with van der Waals surface area (Å²) < 4.78 is 4.53. The predicted molar refractivity (Wildman–Crippen MR) is 89.3 cm³/mol. The van der Waals surface area contributed by atoms with Gasteiger partial charge in [0.05, 0.1) is 0 Å². The van der Waals surface area contributed by atoms with Gasteiger partial charge in [0.25, 0.3) is 0 Å². The van der Waals surface area contributed by atoms with Crippen LogP contribution in [0.2, 0.25) is 0 Å². The Kier molecular flexibility index (Phi) is 3.56. The highest BCUT2D eigenvalue weighted by Crippen LogP contribution is 2.28. The number of nitrogens with zero attached hydrogens (tertiary/aromatic N) is 2. The lowest BCUT2D eigenvalue weighted by atomic mass is 10.1. The minimum Gasteiger partial charge on any atom is -0.350 e. The van der Waals surface area contributed by atoms with Crippen LogP contribution in [0.3, 0.4) is 0 Å². The minimum atomic E-state index is 0. The quantitative estimate of drug-likeness (QED) is 0.604. The Labute approximate surface area is 130 Å². The van der Waals surface area contributed by atoms with Crippen molar-refractivity contribution in [3.63, 3.8) is 0 Å². The van der Waals surface area contributed by atoms with Crippen molar-refractivity contribution in [1.29, 1.82) is 0 Å². The molecule has 0 amide bonds. The molecule has 0 bridgehead atoms. The first-order valence-electron chi connectivity index (χ1n) is 7.06. The molecule has 0 atom stereocenters. The van der Waals surface area contributed by atoms with Crippen LogP contribution in [0.4, 0.5) is 0 Å². The molecule has 1 aromatic carbocycles. The third-order valence-corrected chi connectivity index (χ3v) is 4.15. The number of allylic oxidation sites excluding steroid dienone is 1. The van der Waals surface area contributed by atoms with Crippen LogP contribution in [0.1, 0.15) is 17.7 Å². The fourth-order valence-corrected chi connectivity index (χ4v) is 3.15. The molecule has 2 nitrogen and oxygen atoms in total. The summed E-state index contributed by atoms with van der Waals surface area (Å²) in [5.41, 5.74) is 5.39. The Morgan fingerprint density at radius 2 is 1.90 bits per heavy atom. The van der Waals surface area contributed by atoms with Crippen molar-refractivity contribution in [2.24, 2.45) is 7.05 Å². The number of rotatable bonds is 1. The van der Waals surface area contributed by atoms with E-state index in [-0.39, 0.29) is 12.4 Å². The Hall–Kier alpha value is -2.06. The third kappa shape index (κ3) is 2.26. The minimum absolute atomic E-state index is 0. The van der Waals surface area contributed by atoms with Gasteiger partial charge >= 0.3 is 0 Å². The number of benzene rings is 1. The van der Waals surface area contributed by atoms with E-state index in [2.05, 4.69) is 77.1 Å². The van der Waals surface area contributed by atoms with Crippen molar-refractivity contribution < 1.29 is 4.57 Å². The molecule has 0 saturated carbocycles. The van der Waals surface area contributed by atoms with Gasteiger partial charge < -0.3 is 4.57 Å². The highest BCUT2D eigenvalue weighted by atomic mass is 35.5. The number of hydrogen-bond donors (Lipinski definition) is 0. The van der Waals surface area contributed by atoms with E-state index in [1.807, 2.05) is 0 Å². The Balaban J connectivity index is 0.00000132. The van der Waals surface area contributed by atoms with Crippen LogP contribution in [0.15, 0.2) is 54.9 Å². The lowest BCUT2D eigenvalue weighted by molar-refractivity contribution is -0.689. The smallest absolute Gasteiger partial charge is 0.208 e. The molecule has 21 heavy (non-hydrogen) atoms. The lowest BCUT2D eigenvalue weighted by Gasteiger charge is -1.95. The SMILES string of the molecule is Cl.Cn1cc(/C=C2\CC[n+]3ccccc32)c2ccccc21. The summed E-state index contributed by atoms with van der Waals surface area (Å²) in [4.78, 5) is 0. The van der Waals surface area contributed by atoms with Gasteiger partial charge in [-0.2, -0.15) is 4.57 Å². The molecule has 0 aliphatic carbocycles. The second kappa shape index (κ2) is 5.38.